The van der Waals surface area contributed by atoms with E-state index in [1.807, 2.05) is 65.2 Å². The lowest BCUT2D eigenvalue weighted by atomic mass is 10.0. The molecule has 0 N–H and O–H groups in total. The summed E-state index contributed by atoms with van der Waals surface area (Å²) >= 11 is 0. The first-order valence-electron chi connectivity index (χ1n) is 12.0. The molecule has 176 valence electrons. The monoisotopic (exact) mass is 465 g/mol. The number of fused-ring (bicyclic) bond motifs is 4. The van der Waals surface area contributed by atoms with Gasteiger partial charge in [-0.3, -0.25) is 13.9 Å². The first-order chi connectivity index (χ1) is 17.0. The Bertz CT molecular complexity index is 1670. The van der Waals surface area contributed by atoms with Gasteiger partial charge in [-0.25, -0.2) is 4.79 Å². The molecule has 1 aliphatic rings. The van der Waals surface area contributed by atoms with Crippen molar-refractivity contribution in [2.75, 3.05) is 11.4 Å². The Balaban J connectivity index is 1.51. The maximum atomic E-state index is 13.8. The molecule has 0 amide bonds. The van der Waals surface area contributed by atoms with Crippen LogP contribution in [0.5, 0.6) is 0 Å². The summed E-state index contributed by atoms with van der Waals surface area (Å²) in [5.41, 5.74) is 2.42. The van der Waals surface area contributed by atoms with Crippen molar-refractivity contribution in [3.63, 3.8) is 0 Å². The van der Waals surface area contributed by atoms with E-state index in [1.54, 1.807) is 7.05 Å². The smallest absolute Gasteiger partial charge is 0.332 e. The largest absolute Gasteiger partial charge is 0.338 e. The predicted molar refractivity (Wildman–Crippen MR) is 139 cm³/mol. The van der Waals surface area contributed by atoms with E-state index in [2.05, 4.69) is 24.0 Å². The molecule has 0 saturated carbocycles. The summed E-state index contributed by atoms with van der Waals surface area (Å²) in [6.45, 7) is 4.64. The maximum absolute atomic E-state index is 13.8. The molecule has 0 aliphatic carbocycles. The molecule has 1 unspecified atom stereocenters. The lowest BCUT2D eigenvalue weighted by Gasteiger charge is -2.33. The molecule has 3 heterocycles. The van der Waals surface area contributed by atoms with Gasteiger partial charge in [-0.15, -0.1) is 0 Å². The highest BCUT2D eigenvalue weighted by Gasteiger charge is 2.29. The van der Waals surface area contributed by atoms with Crippen molar-refractivity contribution < 1.29 is 0 Å². The van der Waals surface area contributed by atoms with Crippen molar-refractivity contribution in [1.29, 1.82) is 0 Å². The fraction of sp³-hybridized carbons (Fsp3) is 0.250. The van der Waals surface area contributed by atoms with Crippen molar-refractivity contribution in [3.8, 4) is 0 Å². The van der Waals surface area contributed by atoms with Crippen molar-refractivity contribution in [3.05, 3.63) is 105 Å². The van der Waals surface area contributed by atoms with Gasteiger partial charge >= 0.3 is 5.69 Å². The number of benzene rings is 3. The minimum Gasteiger partial charge on any atom is -0.338 e. The summed E-state index contributed by atoms with van der Waals surface area (Å²) in [7, 11) is 1.70. The van der Waals surface area contributed by atoms with E-state index in [9.17, 15) is 9.59 Å². The highest BCUT2D eigenvalue weighted by molar-refractivity contribution is 5.85. The molecule has 0 fully saturated rings. The van der Waals surface area contributed by atoms with Crippen molar-refractivity contribution in [2.45, 2.75) is 26.6 Å². The molecular formula is C28H27N5O2. The molecule has 35 heavy (non-hydrogen) atoms. The quantitative estimate of drug-likeness (QED) is 0.406. The number of anilines is 1. The summed E-state index contributed by atoms with van der Waals surface area (Å²) in [6.07, 6.45) is 0. The fourth-order valence-electron chi connectivity index (χ4n) is 5.28. The Morgan fingerprint density at radius 3 is 2.46 bits per heavy atom. The minimum absolute atomic E-state index is 0.215. The maximum Gasteiger partial charge on any atom is 0.332 e. The van der Waals surface area contributed by atoms with Crippen LogP contribution >= 0.6 is 0 Å². The number of nitrogens with zero attached hydrogens (tertiary/aromatic N) is 5. The molecule has 3 aromatic carbocycles. The van der Waals surface area contributed by atoms with E-state index in [4.69, 9.17) is 4.98 Å². The van der Waals surface area contributed by atoms with Crippen LogP contribution in [0.2, 0.25) is 0 Å². The number of aromatic nitrogens is 4. The van der Waals surface area contributed by atoms with E-state index in [1.165, 1.54) is 14.7 Å². The number of hydrogen-bond acceptors (Lipinski definition) is 4. The second-order valence-electron chi connectivity index (χ2n) is 9.54. The molecule has 6 rings (SSSR count). The van der Waals surface area contributed by atoms with Gasteiger partial charge in [0.05, 0.1) is 6.54 Å². The Kier molecular flexibility index (Phi) is 5.06. The third-order valence-corrected chi connectivity index (χ3v) is 6.95. The summed E-state index contributed by atoms with van der Waals surface area (Å²) in [4.78, 5) is 34.2. The van der Waals surface area contributed by atoms with Gasteiger partial charge in [0.2, 0.25) is 5.95 Å². The lowest BCUT2D eigenvalue weighted by molar-refractivity contribution is 0.435. The van der Waals surface area contributed by atoms with Crippen LogP contribution in [0.15, 0.2) is 82.4 Å². The number of hydrogen-bond donors (Lipinski definition) is 0. The first-order valence-corrected chi connectivity index (χ1v) is 12.0. The SMILES string of the molecule is CC1CN(Cc2ccccc2)c2nc3c(c(=O)n(Cc4cccc5ccccc45)c(=O)n3C)n2C1. The van der Waals surface area contributed by atoms with Crippen LogP contribution in [-0.2, 0) is 26.7 Å². The molecule has 1 aliphatic heterocycles. The summed E-state index contributed by atoms with van der Waals surface area (Å²) in [5, 5.41) is 2.13. The Hall–Kier alpha value is -4.13. The molecule has 5 aromatic rings. The van der Waals surface area contributed by atoms with Crippen LogP contribution in [0.3, 0.4) is 0 Å². The van der Waals surface area contributed by atoms with Gasteiger partial charge in [0.25, 0.3) is 5.56 Å². The summed E-state index contributed by atoms with van der Waals surface area (Å²) < 4.78 is 4.87. The molecule has 0 radical (unpaired) electrons. The molecule has 0 spiro atoms. The molecule has 1 atom stereocenters. The van der Waals surface area contributed by atoms with Crippen LogP contribution in [0.25, 0.3) is 21.9 Å². The molecule has 2 aromatic heterocycles. The molecule has 0 bridgehead atoms. The predicted octanol–water partition coefficient (Wildman–Crippen LogP) is 3.75. The van der Waals surface area contributed by atoms with Gasteiger partial charge in [-0.05, 0) is 27.8 Å². The standard InChI is InChI=1S/C28H27N5O2/c1-19-15-31(17-20-9-4-3-5-10-20)27-29-25-24(32(27)16-19)26(34)33(28(35)30(25)2)18-22-13-8-12-21-11-6-7-14-23(21)22/h3-14,19H,15-18H2,1-2H3. The zero-order valence-electron chi connectivity index (χ0n) is 19.9. The van der Waals surface area contributed by atoms with Crippen LogP contribution in [-0.4, -0.2) is 25.2 Å². The second kappa shape index (κ2) is 8.27. The first kappa shape index (κ1) is 21.4. The Labute approximate surface area is 202 Å². The average Bonchev–Trinajstić information content (AvgIpc) is 3.26. The van der Waals surface area contributed by atoms with Gasteiger partial charge in [0, 0.05) is 26.7 Å². The Morgan fingerprint density at radius 1 is 0.886 bits per heavy atom. The normalized spacial score (nSPS) is 15.6. The average molecular weight is 466 g/mol. The third-order valence-electron chi connectivity index (χ3n) is 6.95. The summed E-state index contributed by atoms with van der Waals surface area (Å²) in [5.74, 6) is 1.09. The van der Waals surface area contributed by atoms with Crippen molar-refractivity contribution in [1.82, 2.24) is 18.7 Å². The van der Waals surface area contributed by atoms with Crippen molar-refractivity contribution in [2.24, 2.45) is 13.0 Å². The summed E-state index contributed by atoms with van der Waals surface area (Å²) in [6, 6.07) is 24.3. The highest BCUT2D eigenvalue weighted by Crippen LogP contribution is 2.28. The van der Waals surface area contributed by atoms with Gasteiger partial charge in [-0.1, -0.05) is 79.7 Å². The van der Waals surface area contributed by atoms with Gasteiger partial charge in [-0.2, -0.15) is 4.98 Å². The number of imidazole rings is 1. The minimum atomic E-state index is -0.353. The van der Waals surface area contributed by atoms with E-state index in [0.717, 1.165) is 28.8 Å². The zero-order valence-corrected chi connectivity index (χ0v) is 19.9. The lowest BCUT2D eigenvalue weighted by Crippen LogP contribution is -2.41. The topological polar surface area (TPSA) is 65.1 Å². The third kappa shape index (κ3) is 3.55. The fourth-order valence-corrected chi connectivity index (χ4v) is 5.28. The van der Waals surface area contributed by atoms with E-state index in [-0.39, 0.29) is 17.8 Å². The van der Waals surface area contributed by atoms with E-state index >= 15 is 0 Å². The van der Waals surface area contributed by atoms with Crippen LogP contribution in [0.1, 0.15) is 18.1 Å². The van der Waals surface area contributed by atoms with E-state index < -0.39 is 0 Å². The zero-order chi connectivity index (χ0) is 24.1. The highest BCUT2D eigenvalue weighted by atomic mass is 16.2. The van der Waals surface area contributed by atoms with Gasteiger partial charge < -0.3 is 9.47 Å². The number of aryl methyl sites for hydroxylation is 1. The van der Waals surface area contributed by atoms with Gasteiger partial charge in [0.1, 0.15) is 0 Å². The van der Waals surface area contributed by atoms with Crippen LogP contribution < -0.4 is 16.1 Å². The van der Waals surface area contributed by atoms with Gasteiger partial charge in [0.15, 0.2) is 11.2 Å². The van der Waals surface area contributed by atoms with Crippen LogP contribution in [0.4, 0.5) is 5.95 Å². The van der Waals surface area contributed by atoms with Crippen molar-refractivity contribution >= 4 is 27.9 Å². The van der Waals surface area contributed by atoms with Crippen LogP contribution in [0, 0.1) is 5.92 Å². The number of rotatable bonds is 4. The molecule has 7 nitrogen and oxygen atoms in total. The molecule has 7 heteroatoms. The second-order valence-corrected chi connectivity index (χ2v) is 9.54. The van der Waals surface area contributed by atoms with E-state index in [0.29, 0.717) is 30.2 Å². The Morgan fingerprint density at radius 2 is 1.63 bits per heavy atom. The molecular weight excluding hydrogens is 438 g/mol. The molecule has 0 saturated heterocycles.